The molecule has 0 bridgehead atoms. The SMILES string of the molecule is Cc1c(O)n(C)c(-c2ccc(Cl)cc2)c(O)c1=O. The smallest absolute Gasteiger partial charge is 0.230 e. The van der Waals surface area contributed by atoms with Gasteiger partial charge in [-0.3, -0.25) is 4.79 Å². The van der Waals surface area contributed by atoms with E-state index in [0.29, 0.717) is 10.6 Å². The molecule has 0 unspecified atom stereocenters. The molecule has 0 amide bonds. The Morgan fingerprint density at radius 3 is 2.28 bits per heavy atom. The van der Waals surface area contributed by atoms with Crippen molar-refractivity contribution < 1.29 is 10.2 Å². The maximum atomic E-state index is 11.8. The minimum atomic E-state index is -0.574. The highest BCUT2D eigenvalue weighted by Gasteiger charge is 2.17. The molecule has 0 saturated heterocycles. The van der Waals surface area contributed by atoms with Crippen LogP contribution in [-0.2, 0) is 7.05 Å². The molecule has 0 aliphatic carbocycles. The summed E-state index contributed by atoms with van der Waals surface area (Å²) in [6.07, 6.45) is 0. The zero-order valence-corrected chi connectivity index (χ0v) is 10.7. The second-order valence-corrected chi connectivity index (χ2v) is 4.48. The van der Waals surface area contributed by atoms with Crippen LogP contribution in [0.4, 0.5) is 0 Å². The van der Waals surface area contributed by atoms with Gasteiger partial charge in [0.1, 0.15) is 0 Å². The normalized spacial score (nSPS) is 10.6. The van der Waals surface area contributed by atoms with Gasteiger partial charge in [-0.2, -0.15) is 0 Å². The molecule has 2 rings (SSSR count). The molecule has 0 spiro atoms. The van der Waals surface area contributed by atoms with Gasteiger partial charge in [0.25, 0.3) is 0 Å². The molecule has 0 aliphatic rings. The molecule has 2 N–H and O–H groups in total. The molecule has 0 radical (unpaired) electrons. The number of aromatic nitrogens is 1. The van der Waals surface area contributed by atoms with Crippen molar-refractivity contribution in [1.29, 1.82) is 0 Å². The van der Waals surface area contributed by atoms with E-state index in [9.17, 15) is 15.0 Å². The van der Waals surface area contributed by atoms with Crippen molar-refractivity contribution in [1.82, 2.24) is 4.57 Å². The number of aromatic hydroxyl groups is 2. The van der Waals surface area contributed by atoms with Crippen LogP contribution in [0, 0.1) is 6.92 Å². The van der Waals surface area contributed by atoms with E-state index in [0.717, 1.165) is 0 Å². The highest BCUT2D eigenvalue weighted by molar-refractivity contribution is 6.30. The Hall–Kier alpha value is -1.94. The van der Waals surface area contributed by atoms with Gasteiger partial charge in [0.15, 0.2) is 11.6 Å². The van der Waals surface area contributed by atoms with Gasteiger partial charge in [-0.25, -0.2) is 0 Å². The van der Waals surface area contributed by atoms with Crippen LogP contribution in [0.2, 0.25) is 5.02 Å². The fourth-order valence-corrected chi connectivity index (χ4v) is 1.97. The number of hydrogen-bond acceptors (Lipinski definition) is 3. The first-order valence-electron chi connectivity index (χ1n) is 5.31. The predicted octanol–water partition coefficient (Wildman–Crippen LogP) is 2.43. The lowest BCUT2D eigenvalue weighted by atomic mass is 10.1. The van der Waals surface area contributed by atoms with Crippen molar-refractivity contribution in [2.24, 2.45) is 7.05 Å². The van der Waals surface area contributed by atoms with Crippen molar-refractivity contribution in [3.05, 3.63) is 45.1 Å². The number of rotatable bonds is 1. The molecule has 1 aromatic carbocycles. The number of pyridine rings is 1. The summed E-state index contributed by atoms with van der Waals surface area (Å²) in [6.45, 7) is 1.46. The molecular formula is C13H12ClNO3. The molecule has 0 saturated carbocycles. The topological polar surface area (TPSA) is 62.5 Å². The lowest BCUT2D eigenvalue weighted by Gasteiger charge is -2.14. The molecule has 1 heterocycles. The first-order chi connectivity index (χ1) is 8.43. The quantitative estimate of drug-likeness (QED) is 0.832. The summed E-state index contributed by atoms with van der Waals surface area (Å²) in [5, 5.41) is 20.3. The first-order valence-corrected chi connectivity index (χ1v) is 5.68. The van der Waals surface area contributed by atoms with E-state index in [-0.39, 0.29) is 22.9 Å². The number of benzene rings is 1. The monoisotopic (exact) mass is 265 g/mol. The summed E-state index contributed by atoms with van der Waals surface area (Å²) in [6, 6.07) is 6.65. The van der Waals surface area contributed by atoms with Crippen molar-refractivity contribution in [2.75, 3.05) is 0 Å². The highest BCUT2D eigenvalue weighted by atomic mass is 35.5. The van der Waals surface area contributed by atoms with E-state index in [1.54, 1.807) is 31.3 Å². The summed E-state index contributed by atoms with van der Waals surface area (Å²) in [5.41, 5.74) is 0.412. The van der Waals surface area contributed by atoms with Crippen LogP contribution in [0.15, 0.2) is 29.1 Å². The maximum absolute atomic E-state index is 11.8. The van der Waals surface area contributed by atoms with Crippen molar-refractivity contribution in [2.45, 2.75) is 6.92 Å². The molecule has 4 nitrogen and oxygen atoms in total. The maximum Gasteiger partial charge on any atom is 0.230 e. The molecule has 0 atom stereocenters. The largest absolute Gasteiger partial charge is 0.503 e. The van der Waals surface area contributed by atoms with E-state index in [1.165, 1.54) is 11.5 Å². The van der Waals surface area contributed by atoms with Gasteiger partial charge in [0, 0.05) is 17.6 Å². The molecule has 2 aromatic rings. The number of hydrogen-bond donors (Lipinski definition) is 2. The van der Waals surface area contributed by atoms with E-state index in [1.807, 2.05) is 0 Å². The summed E-state index contributed by atoms with van der Waals surface area (Å²) in [5.74, 6) is -0.544. The summed E-state index contributed by atoms with van der Waals surface area (Å²) < 4.78 is 1.37. The van der Waals surface area contributed by atoms with Gasteiger partial charge in [-0.1, -0.05) is 23.7 Å². The fourth-order valence-electron chi connectivity index (χ4n) is 1.84. The summed E-state index contributed by atoms with van der Waals surface area (Å²) in [7, 11) is 1.57. The second-order valence-electron chi connectivity index (χ2n) is 4.04. The molecule has 5 heteroatoms. The number of nitrogens with zero attached hydrogens (tertiary/aromatic N) is 1. The summed E-state index contributed by atoms with van der Waals surface area (Å²) >= 11 is 5.79. The minimum absolute atomic E-state index is 0.118. The van der Waals surface area contributed by atoms with E-state index >= 15 is 0 Å². The van der Waals surface area contributed by atoms with Crippen LogP contribution in [0.1, 0.15) is 5.56 Å². The van der Waals surface area contributed by atoms with Gasteiger partial charge in [-0.15, -0.1) is 0 Å². The molecule has 1 aromatic heterocycles. The Bertz CT molecular complexity index is 659. The van der Waals surface area contributed by atoms with Gasteiger partial charge in [0.05, 0.1) is 11.3 Å². The van der Waals surface area contributed by atoms with Crippen molar-refractivity contribution in [3.63, 3.8) is 0 Å². The van der Waals surface area contributed by atoms with Gasteiger partial charge >= 0.3 is 0 Å². The lowest BCUT2D eigenvalue weighted by Crippen LogP contribution is -2.12. The summed E-state index contributed by atoms with van der Waals surface area (Å²) in [4.78, 5) is 11.8. The third-order valence-electron chi connectivity index (χ3n) is 2.89. The standard InChI is InChI=1S/C13H12ClNO3/c1-7-11(16)12(17)10(15(2)13(7)18)8-3-5-9(14)6-4-8/h3-6,17-18H,1-2H3. The predicted molar refractivity (Wildman–Crippen MR) is 70.2 cm³/mol. The zero-order chi connectivity index (χ0) is 13.4. The van der Waals surface area contributed by atoms with Crippen LogP contribution in [0.5, 0.6) is 11.6 Å². The van der Waals surface area contributed by atoms with Crippen LogP contribution in [0.25, 0.3) is 11.3 Å². The Balaban J connectivity index is 2.80. The Kier molecular flexibility index (Phi) is 3.05. The van der Waals surface area contributed by atoms with Crippen LogP contribution < -0.4 is 5.43 Å². The van der Waals surface area contributed by atoms with E-state index in [2.05, 4.69) is 0 Å². The molecule has 0 aliphatic heterocycles. The lowest BCUT2D eigenvalue weighted by molar-refractivity contribution is 0.410. The van der Waals surface area contributed by atoms with E-state index in [4.69, 9.17) is 11.6 Å². The number of halogens is 1. The van der Waals surface area contributed by atoms with Gasteiger partial charge in [0.2, 0.25) is 5.43 Å². The molecular weight excluding hydrogens is 254 g/mol. The van der Waals surface area contributed by atoms with Crippen LogP contribution in [0.3, 0.4) is 0 Å². The average molecular weight is 266 g/mol. The van der Waals surface area contributed by atoms with E-state index < -0.39 is 5.43 Å². The third-order valence-corrected chi connectivity index (χ3v) is 3.14. The minimum Gasteiger partial charge on any atom is -0.503 e. The van der Waals surface area contributed by atoms with Crippen LogP contribution in [-0.4, -0.2) is 14.8 Å². The first kappa shape index (κ1) is 12.5. The Morgan fingerprint density at radius 2 is 1.72 bits per heavy atom. The Labute approximate surface area is 109 Å². The van der Waals surface area contributed by atoms with Crippen molar-refractivity contribution >= 4 is 11.6 Å². The highest BCUT2D eigenvalue weighted by Crippen LogP contribution is 2.31. The third kappa shape index (κ3) is 1.84. The van der Waals surface area contributed by atoms with Crippen molar-refractivity contribution in [3.8, 4) is 22.9 Å². The molecule has 94 valence electrons. The molecule has 0 fully saturated rings. The Morgan fingerprint density at radius 1 is 1.17 bits per heavy atom. The molecule has 18 heavy (non-hydrogen) atoms. The fraction of sp³-hybridized carbons (Fsp3) is 0.154. The van der Waals surface area contributed by atoms with Gasteiger partial charge < -0.3 is 14.8 Å². The zero-order valence-electron chi connectivity index (χ0n) is 9.94. The second kappa shape index (κ2) is 4.38. The average Bonchev–Trinajstić information content (AvgIpc) is 2.36. The van der Waals surface area contributed by atoms with Crippen LogP contribution >= 0.6 is 11.6 Å². The van der Waals surface area contributed by atoms with Gasteiger partial charge in [-0.05, 0) is 19.1 Å².